The lowest BCUT2D eigenvalue weighted by Crippen LogP contribution is -2.50. The van der Waals surface area contributed by atoms with Crippen LogP contribution in [0.1, 0.15) is 93.1 Å². The number of anilines is 6. The Labute approximate surface area is 764 Å². The van der Waals surface area contributed by atoms with Gasteiger partial charge in [0.2, 0.25) is 5.91 Å². The number of rotatable bonds is 21. The molecular weight excluding hydrogens is 1680 g/mol. The van der Waals surface area contributed by atoms with Gasteiger partial charge in [-0.05, 0) is 140 Å². The van der Waals surface area contributed by atoms with Crippen LogP contribution in [-0.2, 0) is 62.8 Å². The number of likely N-dealkylation sites (tertiary alicyclic amines) is 3. The number of benzene rings is 6. The average molecular weight is 1800 g/mol. The topological polar surface area (TPSA) is 255 Å². The van der Waals surface area contributed by atoms with Gasteiger partial charge >= 0.3 is 36.1 Å². The van der Waals surface area contributed by atoms with Crippen molar-refractivity contribution in [3.63, 3.8) is 0 Å². The number of methoxy groups -OCH3 is 3. The monoisotopic (exact) mass is 1800 g/mol. The van der Waals surface area contributed by atoms with Crippen molar-refractivity contribution in [1.82, 2.24) is 54.4 Å². The summed E-state index contributed by atoms with van der Waals surface area (Å²) < 4.78 is 87.0. The van der Waals surface area contributed by atoms with Crippen LogP contribution in [-0.4, -0.2) is 288 Å². The standard InChI is InChI=1S/C33H43FN6O4.C31H37FN6O3.C29H36FN5O2.C6H6O3/c1-33(2,3)44-32(41)39-14-12-38(13-15-39)30-27-10-11-40(29-18-25(42-5)16-22-8-6-7-9-26(22)29)20-28(27)35-31(36-30)43-21-24-17-23(34)19-37(24)4;1-4-29(39)36-11-13-37(14-12-36)30-26-9-10-38(28-17-24(40-3)15-21-7-5-6-8-25(21)28)19-27(26)33-31(34-30)41-20-23-16-22(32)18-35(23)2;1-33-17-21(30)15-22(33)19-37-29-31-26-18-35(13-10-25(26)28(32-29)34-11-6-3-7-12-34)27-16-23(36-2)14-20-8-4-5-9-24(20)27;1-3-5(7)9-6(8)4-2/h6-9,16,18,23-24H,10-15,17,19-21H2,1-5H3;4-8,15,17,22-23H,1,9-14,16,18-20H2,2-3H3;4-5,8-9,14,16,21-22H,3,6-7,10-13,15,17-19H2,1-2H3;3-4H,1-2H2/t23-,24+;22-,23+;21-,22+;/m111./s1. The lowest BCUT2D eigenvalue weighted by molar-refractivity contribution is -0.152. The van der Waals surface area contributed by atoms with Gasteiger partial charge in [-0.15, -0.1) is 0 Å². The average Bonchev–Trinajstić information content (AvgIpc) is 1.74. The zero-order chi connectivity index (χ0) is 92.1. The SMILES string of the molecule is C=CC(=O)N1CCN(c2nc(OC[C@@H]3C[C@@H](F)CN3C)nc3c2CCN(c2cc(OC)cc4ccccc24)C3)CC1.C=CC(=O)OC(=O)C=C.COc1cc(N2CCc3c(nc(OC[C@@H]4C[C@@H](F)CN4C)nc3N3CCCCC3)C2)c2ccccc2c1.COc1cc(N2CCc3c(nc(OC[C@@H]4C[C@@H](F)CN4C)nc3N3CCN(C(=O)OC(C)(C)C)CC3)C2)c2ccccc2c1. The molecule has 0 radical (unpaired) electrons. The van der Waals surface area contributed by atoms with E-state index < -0.39 is 36.1 Å². The second-order valence-corrected chi connectivity index (χ2v) is 35.8. The molecule has 131 heavy (non-hydrogen) atoms. The van der Waals surface area contributed by atoms with Crippen molar-refractivity contribution < 1.29 is 70.2 Å². The van der Waals surface area contributed by atoms with Gasteiger partial charge in [0.25, 0.3) is 0 Å². The van der Waals surface area contributed by atoms with Gasteiger partial charge in [-0.2, -0.15) is 29.9 Å². The maximum absolute atomic E-state index is 14.0. The summed E-state index contributed by atoms with van der Waals surface area (Å²) in [6.07, 6.45) is 7.84. The zero-order valence-electron chi connectivity index (χ0n) is 76.8. The van der Waals surface area contributed by atoms with E-state index in [1.807, 2.05) is 73.6 Å². The summed E-state index contributed by atoms with van der Waals surface area (Å²) in [5, 5.41) is 6.93. The van der Waals surface area contributed by atoms with E-state index in [0.717, 1.165) is 171 Å². The molecule has 0 unspecified atom stereocenters. The van der Waals surface area contributed by atoms with Crippen LogP contribution < -0.4 is 57.8 Å². The Morgan fingerprint density at radius 1 is 0.412 bits per heavy atom. The number of alkyl halides is 3. The van der Waals surface area contributed by atoms with E-state index in [9.17, 15) is 32.3 Å². The quantitative estimate of drug-likeness (QED) is 0.0368. The minimum atomic E-state index is -0.846. The van der Waals surface area contributed by atoms with Gasteiger partial charge < -0.3 is 77.1 Å². The second-order valence-electron chi connectivity index (χ2n) is 35.8. The third kappa shape index (κ3) is 22.7. The van der Waals surface area contributed by atoms with Crippen LogP contribution in [0, 0.1) is 0 Å². The van der Waals surface area contributed by atoms with Crippen LogP contribution in [0.2, 0.25) is 0 Å². The van der Waals surface area contributed by atoms with Crippen molar-refractivity contribution in [3.05, 3.63) is 181 Å². The highest BCUT2D eigenvalue weighted by atomic mass is 19.1. The Balaban J connectivity index is 0.000000144. The molecule has 32 heteroatoms. The van der Waals surface area contributed by atoms with Crippen molar-refractivity contribution >= 4 is 90.8 Å². The van der Waals surface area contributed by atoms with Gasteiger partial charge in [-0.3, -0.25) is 19.5 Å². The molecule has 6 saturated heterocycles. The van der Waals surface area contributed by atoms with Crippen LogP contribution in [0.15, 0.2) is 147 Å². The first kappa shape index (κ1) is 93.4. The molecule has 6 atom stereocenters. The fraction of sp³-hybridized carbons (Fsp3) is 0.475. The molecule has 0 spiro atoms. The summed E-state index contributed by atoms with van der Waals surface area (Å²) >= 11 is 0. The normalized spacial score (nSPS) is 20.5. The smallest absolute Gasteiger partial charge is 0.410 e. The first-order valence-electron chi connectivity index (χ1n) is 45.5. The summed E-state index contributed by atoms with van der Waals surface area (Å²) in [5.74, 6) is 3.65. The molecule has 0 aliphatic carbocycles. The molecule has 9 aliphatic rings. The molecule has 6 fully saturated rings. The summed E-state index contributed by atoms with van der Waals surface area (Å²) in [6, 6.07) is 38.7. The highest BCUT2D eigenvalue weighted by Crippen LogP contribution is 2.42. The van der Waals surface area contributed by atoms with E-state index in [4.69, 9.17) is 63.1 Å². The first-order chi connectivity index (χ1) is 63.3. The number of halogens is 3. The van der Waals surface area contributed by atoms with E-state index in [0.29, 0.717) is 149 Å². The van der Waals surface area contributed by atoms with Gasteiger partial charge in [0.1, 0.15) is 78.6 Å². The minimum absolute atomic E-state index is 0.0128. The van der Waals surface area contributed by atoms with Crippen molar-refractivity contribution in [1.29, 1.82) is 0 Å². The molecule has 9 aliphatic heterocycles. The van der Waals surface area contributed by atoms with Crippen LogP contribution in [0.25, 0.3) is 32.3 Å². The van der Waals surface area contributed by atoms with Gasteiger partial charge in [-0.1, -0.05) is 92.5 Å². The number of likely N-dealkylation sites (N-methyl/N-ethyl adjacent to an activating group) is 3. The number of carbonyl (C=O) groups is 4. The van der Waals surface area contributed by atoms with Crippen molar-refractivity contribution in [2.75, 3.05) is 196 Å². The lowest BCUT2D eigenvalue weighted by Gasteiger charge is -2.38. The zero-order valence-corrected chi connectivity index (χ0v) is 76.8. The van der Waals surface area contributed by atoms with Gasteiger partial charge in [0.05, 0.1) is 58.0 Å². The van der Waals surface area contributed by atoms with Crippen LogP contribution in [0.3, 0.4) is 0 Å². The molecule has 0 saturated carbocycles. The molecule has 2 amide bonds. The second kappa shape index (κ2) is 42.3. The third-order valence-electron chi connectivity index (χ3n) is 25.9. The van der Waals surface area contributed by atoms with Crippen molar-refractivity contribution in [2.24, 2.45) is 0 Å². The molecule has 6 aromatic carbocycles. The molecule has 696 valence electrons. The molecule has 12 heterocycles. The predicted molar refractivity (Wildman–Crippen MR) is 503 cm³/mol. The first-order valence-corrected chi connectivity index (χ1v) is 45.5. The number of piperazine rings is 2. The summed E-state index contributed by atoms with van der Waals surface area (Å²) in [5.41, 5.74) is 9.14. The molecule has 9 aromatic rings. The van der Waals surface area contributed by atoms with Gasteiger partial charge in [-0.25, -0.2) is 27.6 Å². The van der Waals surface area contributed by atoms with Gasteiger partial charge in [0, 0.05) is 203 Å². The molecule has 0 N–H and O–H groups in total. The highest BCUT2D eigenvalue weighted by Gasteiger charge is 2.38. The molecule has 0 bridgehead atoms. The van der Waals surface area contributed by atoms with E-state index in [2.05, 4.69) is 151 Å². The Bertz CT molecular complexity index is 5580. The van der Waals surface area contributed by atoms with Crippen LogP contribution in [0.4, 0.5) is 52.5 Å². The maximum atomic E-state index is 14.0. The summed E-state index contributed by atoms with van der Waals surface area (Å²) in [4.78, 5) is 98.3. The van der Waals surface area contributed by atoms with Crippen molar-refractivity contribution in [3.8, 4) is 35.3 Å². The van der Waals surface area contributed by atoms with Gasteiger partial charge in [0.15, 0.2) is 0 Å². The molecule has 18 rings (SSSR count). The number of amides is 2. The Kier molecular flexibility index (Phi) is 30.2. The fourth-order valence-electron chi connectivity index (χ4n) is 18.8. The van der Waals surface area contributed by atoms with E-state index in [1.165, 1.54) is 36.3 Å². The number of piperidine rings is 1. The Hall–Kier alpha value is -12.3. The number of aromatic nitrogens is 6. The number of hydrogen-bond donors (Lipinski definition) is 0. The summed E-state index contributed by atoms with van der Waals surface area (Å²) in [7, 11) is 10.9. The Morgan fingerprint density at radius 3 is 1.05 bits per heavy atom. The number of hydrogen-bond acceptors (Lipinski definition) is 27. The summed E-state index contributed by atoms with van der Waals surface area (Å²) in [6.45, 7) is 29.1. The lowest BCUT2D eigenvalue weighted by atomic mass is 10.0. The van der Waals surface area contributed by atoms with E-state index >= 15 is 0 Å². The molecule has 3 aromatic heterocycles. The fourth-order valence-corrected chi connectivity index (χ4v) is 18.8. The predicted octanol–water partition coefficient (Wildman–Crippen LogP) is 13.2. The number of nitrogens with zero attached hydrogens (tertiary/aromatic N) is 17. The van der Waals surface area contributed by atoms with E-state index in [-0.39, 0.29) is 30.1 Å². The molecule has 29 nitrogen and oxygen atoms in total. The number of esters is 2. The largest absolute Gasteiger partial charge is 0.497 e. The van der Waals surface area contributed by atoms with Crippen LogP contribution >= 0.6 is 0 Å². The number of ether oxygens (including phenoxy) is 8. The highest BCUT2D eigenvalue weighted by molar-refractivity contribution is 5.99. The number of fused-ring (bicyclic) bond motifs is 6. The maximum Gasteiger partial charge on any atom is 0.410 e. The third-order valence-corrected chi connectivity index (χ3v) is 25.9. The number of carbonyl (C=O) groups excluding carboxylic acids is 4. The van der Waals surface area contributed by atoms with Crippen LogP contribution in [0.5, 0.6) is 35.3 Å². The van der Waals surface area contributed by atoms with E-state index in [1.54, 1.807) is 26.2 Å². The molecular formula is C99H122F3N17O12. The Morgan fingerprint density at radius 2 is 0.740 bits per heavy atom. The van der Waals surface area contributed by atoms with Crippen molar-refractivity contribution in [2.45, 2.75) is 140 Å². The minimum Gasteiger partial charge on any atom is -0.497 e.